The minimum absolute atomic E-state index is 0.150. The minimum atomic E-state index is -0.588. The Kier molecular flexibility index (Phi) is 3.36. The predicted octanol–water partition coefficient (Wildman–Crippen LogP) is 3.55. The summed E-state index contributed by atoms with van der Waals surface area (Å²) in [5.74, 6) is -0.150. The molecule has 18 heavy (non-hydrogen) atoms. The summed E-state index contributed by atoms with van der Waals surface area (Å²) in [6, 6.07) is 7.68. The summed E-state index contributed by atoms with van der Waals surface area (Å²) < 4.78 is 0. The third-order valence-corrected chi connectivity index (χ3v) is 2.85. The fraction of sp³-hybridized carbons (Fsp3) is 0. The molecule has 5 nitrogen and oxygen atoms in total. The molecule has 0 bridgehead atoms. The first-order valence-corrected chi connectivity index (χ1v) is 5.61. The number of hydrogen-bond acceptors (Lipinski definition) is 4. The van der Waals surface area contributed by atoms with E-state index in [1.54, 1.807) is 18.2 Å². The van der Waals surface area contributed by atoms with E-state index in [1.165, 1.54) is 12.1 Å². The van der Waals surface area contributed by atoms with Crippen LogP contribution in [0.3, 0.4) is 0 Å². The number of nitrogen functional groups attached to an aromatic ring is 1. The Hall–Kier alpha value is -1.85. The molecule has 0 spiro atoms. The van der Waals surface area contributed by atoms with Crippen LogP contribution in [0.2, 0.25) is 10.0 Å². The summed E-state index contributed by atoms with van der Waals surface area (Å²) in [6.45, 7) is 0. The van der Waals surface area contributed by atoms with Crippen LogP contribution in [0.4, 0.5) is 11.5 Å². The zero-order valence-electron chi connectivity index (χ0n) is 8.93. The van der Waals surface area contributed by atoms with Gasteiger partial charge in [-0.1, -0.05) is 23.2 Å². The summed E-state index contributed by atoms with van der Waals surface area (Å²) in [5.41, 5.74) is 6.36. The van der Waals surface area contributed by atoms with Crippen LogP contribution >= 0.6 is 23.2 Å². The summed E-state index contributed by atoms with van der Waals surface area (Å²) in [4.78, 5) is 14.0. The highest BCUT2D eigenvalue weighted by Gasteiger charge is 2.14. The van der Waals surface area contributed by atoms with Crippen molar-refractivity contribution >= 4 is 34.7 Å². The lowest BCUT2D eigenvalue weighted by Gasteiger charge is -2.05. The third kappa shape index (κ3) is 2.37. The number of benzene rings is 1. The van der Waals surface area contributed by atoms with Gasteiger partial charge in [0.15, 0.2) is 0 Å². The lowest BCUT2D eigenvalue weighted by atomic mass is 10.1. The Labute approximate surface area is 112 Å². The molecule has 0 fully saturated rings. The zero-order valence-corrected chi connectivity index (χ0v) is 10.4. The van der Waals surface area contributed by atoms with Crippen LogP contribution in [0, 0.1) is 10.1 Å². The van der Waals surface area contributed by atoms with E-state index >= 15 is 0 Å². The van der Waals surface area contributed by atoms with E-state index < -0.39 is 4.92 Å². The SMILES string of the molecule is Nc1nc(-c2ccc(Cl)cc2Cl)ccc1[N+](=O)[O-]. The smallest absolute Gasteiger partial charge is 0.311 e. The highest BCUT2D eigenvalue weighted by molar-refractivity contribution is 6.36. The Balaban J connectivity index is 2.52. The van der Waals surface area contributed by atoms with Crippen molar-refractivity contribution in [1.29, 1.82) is 0 Å². The van der Waals surface area contributed by atoms with E-state index in [0.717, 1.165) is 0 Å². The highest BCUT2D eigenvalue weighted by Crippen LogP contribution is 2.31. The van der Waals surface area contributed by atoms with Gasteiger partial charge in [-0.05, 0) is 24.3 Å². The maximum absolute atomic E-state index is 10.6. The average Bonchev–Trinajstić information content (AvgIpc) is 2.28. The van der Waals surface area contributed by atoms with Crippen molar-refractivity contribution in [3.05, 3.63) is 50.5 Å². The van der Waals surface area contributed by atoms with Gasteiger partial charge in [0.1, 0.15) is 0 Å². The molecular weight excluding hydrogens is 277 g/mol. The normalized spacial score (nSPS) is 10.3. The predicted molar refractivity (Wildman–Crippen MR) is 70.8 cm³/mol. The first-order valence-electron chi connectivity index (χ1n) is 4.85. The second kappa shape index (κ2) is 4.80. The van der Waals surface area contributed by atoms with Crippen LogP contribution in [-0.2, 0) is 0 Å². The van der Waals surface area contributed by atoms with Gasteiger partial charge >= 0.3 is 5.69 Å². The number of nitro groups is 1. The fourth-order valence-corrected chi connectivity index (χ4v) is 1.97. The number of halogens is 2. The Morgan fingerprint density at radius 2 is 1.94 bits per heavy atom. The van der Waals surface area contributed by atoms with Crippen LogP contribution in [-0.4, -0.2) is 9.91 Å². The van der Waals surface area contributed by atoms with Crippen molar-refractivity contribution in [1.82, 2.24) is 4.98 Å². The molecule has 2 aromatic rings. The number of anilines is 1. The lowest BCUT2D eigenvalue weighted by molar-refractivity contribution is -0.384. The monoisotopic (exact) mass is 283 g/mol. The van der Waals surface area contributed by atoms with Gasteiger partial charge in [-0.2, -0.15) is 0 Å². The van der Waals surface area contributed by atoms with Crippen LogP contribution in [0.1, 0.15) is 0 Å². The van der Waals surface area contributed by atoms with Crippen molar-refractivity contribution in [3.8, 4) is 11.3 Å². The van der Waals surface area contributed by atoms with Crippen LogP contribution < -0.4 is 5.73 Å². The van der Waals surface area contributed by atoms with Gasteiger partial charge in [-0.3, -0.25) is 10.1 Å². The zero-order chi connectivity index (χ0) is 13.3. The lowest BCUT2D eigenvalue weighted by Crippen LogP contribution is -1.99. The average molecular weight is 284 g/mol. The van der Waals surface area contributed by atoms with Gasteiger partial charge < -0.3 is 5.73 Å². The van der Waals surface area contributed by atoms with E-state index in [2.05, 4.69) is 4.98 Å². The van der Waals surface area contributed by atoms with Gasteiger partial charge in [0, 0.05) is 16.7 Å². The number of rotatable bonds is 2. The standard InChI is InChI=1S/C11H7Cl2N3O2/c12-6-1-2-7(8(13)5-6)9-3-4-10(16(17)18)11(14)15-9/h1-5H,(H2,14,15). The maximum atomic E-state index is 10.6. The van der Waals surface area contributed by atoms with Crippen molar-refractivity contribution in [2.75, 3.05) is 5.73 Å². The van der Waals surface area contributed by atoms with Gasteiger partial charge in [0.05, 0.1) is 15.6 Å². The Morgan fingerprint density at radius 1 is 1.22 bits per heavy atom. The highest BCUT2D eigenvalue weighted by atomic mass is 35.5. The van der Waals surface area contributed by atoms with Gasteiger partial charge in [0.25, 0.3) is 0 Å². The molecule has 0 saturated heterocycles. The first kappa shape index (κ1) is 12.6. The molecule has 0 amide bonds. The second-order valence-corrected chi connectivity index (χ2v) is 4.33. The van der Waals surface area contributed by atoms with Crippen LogP contribution in [0.15, 0.2) is 30.3 Å². The fourth-order valence-electron chi connectivity index (χ4n) is 1.47. The van der Waals surface area contributed by atoms with E-state index in [0.29, 0.717) is 21.3 Å². The first-order chi connectivity index (χ1) is 8.49. The molecule has 0 atom stereocenters. The number of nitrogens with zero attached hydrogens (tertiary/aromatic N) is 2. The van der Waals surface area contributed by atoms with Gasteiger partial charge in [0.2, 0.25) is 5.82 Å². The number of nitrogens with two attached hydrogens (primary N) is 1. The molecule has 0 aliphatic heterocycles. The molecule has 0 unspecified atom stereocenters. The molecule has 1 heterocycles. The molecule has 1 aromatic carbocycles. The second-order valence-electron chi connectivity index (χ2n) is 3.48. The molecule has 92 valence electrons. The molecule has 2 N–H and O–H groups in total. The van der Waals surface area contributed by atoms with Gasteiger partial charge in [-0.25, -0.2) is 4.98 Å². The van der Waals surface area contributed by atoms with Crippen LogP contribution in [0.25, 0.3) is 11.3 Å². The van der Waals surface area contributed by atoms with Crippen molar-refractivity contribution in [2.24, 2.45) is 0 Å². The van der Waals surface area contributed by atoms with Crippen molar-refractivity contribution < 1.29 is 4.92 Å². The molecule has 0 aliphatic carbocycles. The van der Waals surface area contributed by atoms with E-state index in [1.807, 2.05) is 0 Å². The number of pyridine rings is 1. The van der Waals surface area contributed by atoms with E-state index in [-0.39, 0.29) is 11.5 Å². The summed E-state index contributed by atoms with van der Waals surface area (Å²) in [5, 5.41) is 11.5. The largest absolute Gasteiger partial charge is 0.378 e. The molecule has 7 heteroatoms. The summed E-state index contributed by atoms with van der Waals surface area (Å²) in [6.07, 6.45) is 0. The van der Waals surface area contributed by atoms with Crippen molar-refractivity contribution in [3.63, 3.8) is 0 Å². The Morgan fingerprint density at radius 3 is 2.50 bits per heavy atom. The summed E-state index contributed by atoms with van der Waals surface area (Å²) >= 11 is 11.8. The molecule has 0 aliphatic rings. The van der Waals surface area contributed by atoms with E-state index in [4.69, 9.17) is 28.9 Å². The van der Waals surface area contributed by atoms with E-state index in [9.17, 15) is 10.1 Å². The quantitative estimate of drug-likeness (QED) is 0.675. The minimum Gasteiger partial charge on any atom is -0.378 e. The molecule has 1 aromatic heterocycles. The third-order valence-electron chi connectivity index (χ3n) is 2.31. The van der Waals surface area contributed by atoms with Crippen molar-refractivity contribution in [2.45, 2.75) is 0 Å². The molecular formula is C11H7Cl2N3O2. The molecule has 2 rings (SSSR count). The number of hydrogen-bond donors (Lipinski definition) is 1. The molecule has 0 radical (unpaired) electrons. The topological polar surface area (TPSA) is 82.0 Å². The maximum Gasteiger partial charge on any atom is 0.311 e. The van der Waals surface area contributed by atoms with Crippen LogP contribution in [0.5, 0.6) is 0 Å². The molecule has 0 saturated carbocycles. The summed E-state index contributed by atoms with van der Waals surface area (Å²) in [7, 11) is 0. The van der Waals surface area contributed by atoms with Gasteiger partial charge in [-0.15, -0.1) is 0 Å². The Bertz CT molecular complexity index is 632. The number of aromatic nitrogens is 1.